The fourth-order valence-corrected chi connectivity index (χ4v) is 1.55. The summed E-state index contributed by atoms with van der Waals surface area (Å²) in [6.45, 7) is 5.39. The van der Waals surface area contributed by atoms with Gasteiger partial charge in [0.15, 0.2) is 0 Å². The Labute approximate surface area is 85.7 Å². The van der Waals surface area contributed by atoms with Gasteiger partial charge < -0.3 is 5.11 Å². The fraction of sp³-hybridized carbons (Fsp3) is 0.300. The van der Waals surface area contributed by atoms with Crippen molar-refractivity contribution in [3.05, 3.63) is 41.0 Å². The van der Waals surface area contributed by atoms with E-state index in [4.69, 9.17) is 0 Å². The number of aliphatic hydroxyl groups excluding tert-OH is 1. The molecule has 0 bridgehead atoms. The van der Waals surface area contributed by atoms with Crippen LogP contribution in [0.4, 0.5) is 4.39 Å². The molecule has 1 rings (SSSR count). The van der Waals surface area contributed by atoms with Gasteiger partial charge in [0.25, 0.3) is 0 Å². The third kappa shape index (κ3) is 2.78. The van der Waals surface area contributed by atoms with Crippen molar-refractivity contribution >= 4 is 15.9 Å². The van der Waals surface area contributed by atoms with Gasteiger partial charge in [-0.3, -0.25) is 0 Å². The van der Waals surface area contributed by atoms with Crippen LogP contribution >= 0.6 is 15.9 Å². The molecular formula is C10H11BrFO. The van der Waals surface area contributed by atoms with Crippen LogP contribution in [0.1, 0.15) is 18.4 Å². The fourth-order valence-electron chi connectivity index (χ4n) is 1.07. The van der Waals surface area contributed by atoms with Crippen molar-refractivity contribution in [3.8, 4) is 0 Å². The van der Waals surface area contributed by atoms with Crippen LogP contribution in [0, 0.1) is 12.7 Å². The first kappa shape index (κ1) is 10.7. The molecule has 0 saturated carbocycles. The third-order valence-corrected chi connectivity index (χ3v) is 2.35. The largest absolute Gasteiger partial charge is 0.393 e. The van der Waals surface area contributed by atoms with Crippen molar-refractivity contribution in [3.63, 3.8) is 0 Å². The molecule has 1 aromatic rings. The zero-order chi connectivity index (χ0) is 10.0. The van der Waals surface area contributed by atoms with E-state index < -0.39 is 6.10 Å². The van der Waals surface area contributed by atoms with Crippen molar-refractivity contribution in [2.75, 3.05) is 0 Å². The Morgan fingerprint density at radius 1 is 1.46 bits per heavy atom. The highest BCUT2D eigenvalue weighted by atomic mass is 79.9. The lowest BCUT2D eigenvalue weighted by atomic mass is 9.96. The van der Waals surface area contributed by atoms with Gasteiger partial charge in [-0.05, 0) is 37.6 Å². The Bertz CT molecular complexity index is 279. The second-order valence-corrected chi connectivity index (χ2v) is 3.97. The topological polar surface area (TPSA) is 20.2 Å². The molecule has 0 amide bonds. The second kappa shape index (κ2) is 4.20. The van der Waals surface area contributed by atoms with Crippen LogP contribution in [0.15, 0.2) is 22.7 Å². The molecule has 2 atom stereocenters. The lowest BCUT2D eigenvalue weighted by Gasteiger charge is -2.15. The van der Waals surface area contributed by atoms with E-state index in [1.807, 2.05) is 0 Å². The number of halogens is 2. The van der Waals surface area contributed by atoms with Crippen molar-refractivity contribution < 1.29 is 9.50 Å². The molecule has 0 aliphatic heterocycles. The number of rotatable bonds is 2. The number of hydrogen-bond acceptors (Lipinski definition) is 1. The maximum absolute atomic E-state index is 12.9. The van der Waals surface area contributed by atoms with Crippen LogP contribution in [0.25, 0.3) is 0 Å². The number of benzene rings is 1. The van der Waals surface area contributed by atoms with Gasteiger partial charge in [0.2, 0.25) is 0 Å². The standard InChI is InChI=1S/C10H11BrFO/c1-6(7(2)13)8-3-9(11)5-10(12)4-8/h3-7,13H,1H2,2H3. The lowest BCUT2D eigenvalue weighted by molar-refractivity contribution is 0.178. The second-order valence-electron chi connectivity index (χ2n) is 3.05. The number of aliphatic hydroxyl groups is 1. The lowest BCUT2D eigenvalue weighted by Crippen LogP contribution is -2.11. The average Bonchev–Trinajstić information content (AvgIpc) is 2.01. The molecule has 1 N–H and O–H groups in total. The minimum atomic E-state index is -0.575. The molecule has 0 aliphatic rings. The van der Waals surface area contributed by atoms with E-state index in [9.17, 15) is 9.50 Å². The molecule has 1 radical (unpaired) electrons. The molecule has 71 valence electrons. The van der Waals surface area contributed by atoms with Crippen LogP contribution < -0.4 is 0 Å². The zero-order valence-electron chi connectivity index (χ0n) is 7.30. The summed E-state index contributed by atoms with van der Waals surface area (Å²) < 4.78 is 13.6. The van der Waals surface area contributed by atoms with Crippen LogP contribution in [0.5, 0.6) is 0 Å². The molecule has 1 nitrogen and oxygen atoms in total. The maximum atomic E-state index is 12.9. The molecule has 1 aromatic carbocycles. The van der Waals surface area contributed by atoms with Gasteiger partial charge in [0.1, 0.15) is 5.82 Å². The highest BCUT2D eigenvalue weighted by Gasteiger charge is 2.12. The highest BCUT2D eigenvalue weighted by molar-refractivity contribution is 9.10. The Morgan fingerprint density at radius 2 is 2.08 bits per heavy atom. The smallest absolute Gasteiger partial charge is 0.124 e. The van der Waals surface area contributed by atoms with Crippen molar-refractivity contribution in [2.24, 2.45) is 0 Å². The van der Waals surface area contributed by atoms with Gasteiger partial charge in [-0.2, -0.15) is 0 Å². The van der Waals surface area contributed by atoms with E-state index in [1.54, 1.807) is 13.0 Å². The zero-order valence-corrected chi connectivity index (χ0v) is 8.88. The molecule has 0 heterocycles. The van der Waals surface area contributed by atoms with Crippen LogP contribution in [0.3, 0.4) is 0 Å². The Balaban J connectivity index is 3.01. The summed E-state index contributed by atoms with van der Waals surface area (Å²) in [7, 11) is 0. The summed E-state index contributed by atoms with van der Waals surface area (Å²) in [6, 6.07) is 4.51. The number of hydrogen-bond donors (Lipinski definition) is 1. The first-order chi connectivity index (χ1) is 6.00. The van der Waals surface area contributed by atoms with E-state index in [0.29, 0.717) is 10.0 Å². The van der Waals surface area contributed by atoms with Gasteiger partial charge in [0.05, 0.1) is 6.10 Å². The quantitative estimate of drug-likeness (QED) is 0.850. The van der Waals surface area contributed by atoms with Crippen LogP contribution in [-0.4, -0.2) is 11.2 Å². The first-order valence-electron chi connectivity index (χ1n) is 3.98. The molecule has 0 saturated heterocycles. The molecule has 0 aromatic heterocycles. The minimum Gasteiger partial charge on any atom is -0.393 e. The van der Waals surface area contributed by atoms with E-state index in [1.165, 1.54) is 12.1 Å². The molecular weight excluding hydrogens is 235 g/mol. The molecule has 3 heteroatoms. The Kier molecular flexibility index (Phi) is 3.45. The molecule has 0 spiro atoms. The maximum Gasteiger partial charge on any atom is 0.124 e. The predicted molar refractivity (Wildman–Crippen MR) is 53.9 cm³/mol. The van der Waals surface area contributed by atoms with E-state index in [2.05, 4.69) is 22.9 Å². The molecule has 0 fully saturated rings. The summed E-state index contributed by atoms with van der Waals surface area (Å²) in [5.74, 6) is -0.620. The van der Waals surface area contributed by atoms with Gasteiger partial charge >= 0.3 is 0 Å². The Morgan fingerprint density at radius 3 is 2.54 bits per heavy atom. The van der Waals surface area contributed by atoms with E-state index in [0.717, 1.165) is 0 Å². The predicted octanol–water partition coefficient (Wildman–Crippen LogP) is 2.89. The molecule has 0 aliphatic carbocycles. The molecule has 13 heavy (non-hydrogen) atoms. The van der Waals surface area contributed by atoms with Crippen LogP contribution in [-0.2, 0) is 0 Å². The summed E-state index contributed by atoms with van der Waals surface area (Å²) in [4.78, 5) is 0. The monoisotopic (exact) mass is 245 g/mol. The summed E-state index contributed by atoms with van der Waals surface area (Å²) in [5, 5.41) is 9.26. The van der Waals surface area contributed by atoms with Gasteiger partial charge in [-0.15, -0.1) is 0 Å². The van der Waals surface area contributed by atoms with E-state index >= 15 is 0 Å². The highest BCUT2D eigenvalue weighted by Crippen LogP contribution is 2.23. The van der Waals surface area contributed by atoms with Crippen molar-refractivity contribution in [1.29, 1.82) is 0 Å². The first-order valence-corrected chi connectivity index (χ1v) is 4.77. The summed E-state index contributed by atoms with van der Waals surface area (Å²) in [5.41, 5.74) is 0.696. The van der Waals surface area contributed by atoms with Gasteiger partial charge in [0, 0.05) is 10.4 Å². The van der Waals surface area contributed by atoms with Gasteiger partial charge in [-0.1, -0.05) is 15.9 Å². The van der Waals surface area contributed by atoms with Crippen molar-refractivity contribution in [1.82, 2.24) is 0 Å². The molecule has 2 unspecified atom stereocenters. The average molecular weight is 246 g/mol. The van der Waals surface area contributed by atoms with E-state index in [-0.39, 0.29) is 11.7 Å². The summed E-state index contributed by atoms with van der Waals surface area (Å²) >= 11 is 3.18. The normalized spacial score (nSPS) is 15.5. The van der Waals surface area contributed by atoms with Gasteiger partial charge in [-0.25, -0.2) is 4.39 Å². The van der Waals surface area contributed by atoms with Crippen LogP contribution in [0.2, 0.25) is 0 Å². The minimum absolute atomic E-state index is 0.299. The Hall–Kier alpha value is -0.410. The third-order valence-electron chi connectivity index (χ3n) is 1.90. The summed E-state index contributed by atoms with van der Waals surface area (Å²) in [6.07, 6.45) is -0.575. The van der Waals surface area contributed by atoms with Crippen molar-refractivity contribution in [2.45, 2.75) is 18.9 Å². The SMILES string of the molecule is [CH2]C(c1cc(F)cc(Br)c1)C(C)O.